The molecule has 2 heterocycles. The first-order valence-corrected chi connectivity index (χ1v) is 8.29. The monoisotopic (exact) mass is 353 g/mol. The van der Waals surface area contributed by atoms with Crippen LogP contribution in [0.5, 0.6) is 0 Å². The average molecular weight is 353 g/mol. The minimum Gasteiger partial charge on any atom is -0.294 e. The van der Waals surface area contributed by atoms with Crippen molar-refractivity contribution in [2.45, 2.75) is 45.5 Å². The highest BCUT2D eigenvalue weighted by molar-refractivity contribution is 5.31. The van der Waals surface area contributed by atoms with E-state index in [2.05, 4.69) is 16.9 Å². The molecule has 3 rings (SSSR count). The third-order valence-electron chi connectivity index (χ3n) is 4.34. The lowest BCUT2D eigenvalue weighted by molar-refractivity contribution is -0.138. The van der Waals surface area contributed by atoms with E-state index >= 15 is 0 Å². The van der Waals surface area contributed by atoms with Crippen molar-refractivity contribution in [3.05, 3.63) is 58.4 Å². The summed E-state index contributed by atoms with van der Waals surface area (Å²) < 4.78 is 53.4. The summed E-state index contributed by atoms with van der Waals surface area (Å²) in [6, 6.07) is 3.09. The second-order valence-corrected chi connectivity index (χ2v) is 6.23. The van der Waals surface area contributed by atoms with Crippen LogP contribution in [0.2, 0.25) is 0 Å². The number of alkyl halides is 3. The Hall–Kier alpha value is -2.02. The lowest BCUT2D eigenvalue weighted by Crippen LogP contribution is -2.32. The Morgan fingerprint density at radius 2 is 2.04 bits per heavy atom. The molecule has 0 atom stereocenters. The molecule has 0 amide bonds. The largest absolute Gasteiger partial charge is 0.416 e. The Balaban J connectivity index is 1.80. The number of aromatic nitrogens is 2. The first-order chi connectivity index (χ1) is 11.9. The van der Waals surface area contributed by atoms with E-state index in [4.69, 9.17) is 0 Å². The summed E-state index contributed by atoms with van der Waals surface area (Å²) in [4.78, 5) is 10.6. The van der Waals surface area contributed by atoms with E-state index in [0.29, 0.717) is 19.5 Å². The zero-order chi connectivity index (χ0) is 18.0. The molecule has 0 aliphatic carbocycles. The van der Waals surface area contributed by atoms with Crippen LogP contribution in [0.3, 0.4) is 0 Å². The van der Waals surface area contributed by atoms with E-state index in [1.165, 1.54) is 0 Å². The maximum absolute atomic E-state index is 14.0. The van der Waals surface area contributed by atoms with Crippen molar-refractivity contribution in [1.82, 2.24) is 14.9 Å². The van der Waals surface area contributed by atoms with E-state index in [1.54, 1.807) is 11.1 Å². The standard InChI is InChI=1S/C18H19F4N3/c1-2-4-17-23-9-12-10-25(8-7-16(12)24-17)11-13-14(18(20,21)22)5-3-6-15(13)19/h3,5-6,9H,2,4,7-8,10-11H2,1H3. The summed E-state index contributed by atoms with van der Waals surface area (Å²) in [7, 11) is 0. The Bertz CT molecular complexity index is 758. The number of halogens is 4. The maximum atomic E-state index is 14.0. The van der Waals surface area contributed by atoms with Gasteiger partial charge in [0, 0.05) is 55.5 Å². The van der Waals surface area contributed by atoms with E-state index in [1.807, 2.05) is 0 Å². The van der Waals surface area contributed by atoms with Gasteiger partial charge >= 0.3 is 6.18 Å². The topological polar surface area (TPSA) is 29.0 Å². The Morgan fingerprint density at radius 3 is 2.76 bits per heavy atom. The molecule has 0 spiro atoms. The zero-order valence-electron chi connectivity index (χ0n) is 13.9. The molecule has 1 aliphatic rings. The molecule has 0 fully saturated rings. The summed E-state index contributed by atoms with van der Waals surface area (Å²) in [5.41, 5.74) is 0.630. The van der Waals surface area contributed by atoms with Crippen LogP contribution in [-0.4, -0.2) is 21.4 Å². The van der Waals surface area contributed by atoms with Gasteiger partial charge in [0.05, 0.1) is 5.56 Å². The van der Waals surface area contributed by atoms with E-state index in [-0.39, 0.29) is 12.1 Å². The number of aryl methyl sites for hydroxylation is 1. The second kappa shape index (κ2) is 7.07. The molecule has 3 nitrogen and oxygen atoms in total. The number of rotatable bonds is 4. The minimum absolute atomic E-state index is 0.0856. The molecule has 25 heavy (non-hydrogen) atoms. The quantitative estimate of drug-likeness (QED) is 0.774. The Labute approximate surface area is 143 Å². The van der Waals surface area contributed by atoms with Gasteiger partial charge < -0.3 is 0 Å². The van der Waals surface area contributed by atoms with Gasteiger partial charge in [-0.1, -0.05) is 13.0 Å². The van der Waals surface area contributed by atoms with Crippen LogP contribution in [0, 0.1) is 5.82 Å². The van der Waals surface area contributed by atoms with Crippen molar-refractivity contribution in [1.29, 1.82) is 0 Å². The number of nitrogens with zero attached hydrogens (tertiary/aromatic N) is 3. The highest BCUT2D eigenvalue weighted by Crippen LogP contribution is 2.34. The highest BCUT2D eigenvalue weighted by atomic mass is 19.4. The Kier molecular flexibility index (Phi) is 5.03. The van der Waals surface area contributed by atoms with Crippen LogP contribution in [0.4, 0.5) is 17.6 Å². The molecular weight excluding hydrogens is 334 g/mol. The van der Waals surface area contributed by atoms with Crippen molar-refractivity contribution >= 4 is 0 Å². The molecular formula is C18H19F4N3. The van der Waals surface area contributed by atoms with Gasteiger partial charge in [0.25, 0.3) is 0 Å². The highest BCUT2D eigenvalue weighted by Gasteiger charge is 2.35. The fourth-order valence-electron chi connectivity index (χ4n) is 3.10. The summed E-state index contributed by atoms with van der Waals surface area (Å²) in [5, 5.41) is 0. The first kappa shape index (κ1) is 17.8. The van der Waals surface area contributed by atoms with Gasteiger partial charge in [-0.25, -0.2) is 14.4 Å². The fourth-order valence-corrected chi connectivity index (χ4v) is 3.10. The molecule has 0 N–H and O–H groups in total. The van der Waals surface area contributed by atoms with Gasteiger partial charge in [-0.2, -0.15) is 13.2 Å². The predicted octanol–water partition coefficient (Wildman–Crippen LogP) is 4.15. The molecule has 0 bridgehead atoms. The number of fused-ring (bicyclic) bond motifs is 1. The lowest BCUT2D eigenvalue weighted by atomic mass is 10.0. The van der Waals surface area contributed by atoms with Gasteiger partial charge in [-0.05, 0) is 18.6 Å². The Morgan fingerprint density at radius 1 is 1.24 bits per heavy atom. The first-order valence-electron chi connectivity index (χ1n) is 8.29. The van der Waals surface area contributed by atoms with E-state index < -0.39 is 17.6 Å². The predicted molar refractivity (Wildman–Crippen MR) is 85.2 cm³/mol. The normalized spacial score (nSPS) is 15.2. The fraction of sp³-hybridized carbons (Fsp3) is 0.444. The minimum atomic E-state index is -4.57. The van der Waals surface area contributed by atoms with Crippen LogP contribution in [0.25, 0.3) is 0 Å². The zero-order valence-corrected chi connectivity index (χ0v) is 13.9. The lowest BCUT2D eigenvalue weighted by Gasteiger charge is -2.29. The van der Waals surface area contributed by atoms with Crippen molar-refractivity contribution < 1.29 is 17.6 Å². The smallest absolute Gasteiger partial charge is 0.294 e. The van der Waals surface area contributed by atoms with Crippen LogP contribution in [0.15, 0.2) is 24.4 Å². The summed E-state index contributed by atoms with van der Waals surface area (Å²) in [5.74, 6) is -0.0293. The summed E-state index contributed by atoms with van der Waals surface area (Å²) in [6.07, 6.45) is -0.432. The molecule has 0 saturated carbocycles. The third kappa shape index (κ3) is 3.98. The van der Waals surface area contributed by atoms with Crippen molar-refractivity contribution in [2.24, 2.45) is 0 Å². The average Bonchev–Trinajstić information content (AvgIpc) is 2.56. The summed E-state index contributed by atoms with van der Waals surface area (Å²) in [6.45, 7) is 2.93. The van der Waals surface area contributed by atoms with E-state index in [9.17, 15) is 17.6 Å². The van der Waals surface area contributed by atoms with Gasteiger partial charge in [0.1, 0.15) is 11.6 Å². The molecule has 1 aliphatic heterocycles. The van der Waals surface area contributed by atoms with Gasteiger partial charge in [0.15, 0.2) is 0 Å². The van der Waals surface area contributed by atoms with Crippen LogP contribution in [0.1, 0.15) is 41.6 Å². The number of hydrogen-bond acceptors (Lipinski definition) is 3. The van der Waals surface area contributed by atoms with Crippen LogP contribution >= 0.6 is 0 Å². The van der Waals surface area contributed by atoms with Crippen LogP contribution in [-0.2, 0) is 32.1 Å². The van der Waals surface area contributed by atoms with Crippen molar-refractivity contribution in [2.75, 3.05) is 6.54 Å². The molecule has 1 aromatic heterocycles. The number of benzene rings is 1. The van der Waals surface area contributed by atoms with Gasteiger partial charge in [-0.15, -0.1) is 0 Å². The van der Waals surface area contributed by atoms with Crippen molar-refractivity contribution in [3.63, 3.8) is 0 Å². The van der Waals surface area contributed by atoms with Crippen molar-refractivity contribution in [3.8, 4) is 0 Å². The third-order valence-corrected chi connectivity index (χ3v) is 4.34. The molecule has 0 saturated heterocycles. The van der Waals surface area contributed by atoms with Gasteiger partial charge in [-0.3, -0.25) is 4.90 Å². The van der Waals surface area contributed by atoms with Gasteiger partial charge in [0.2, 0.25) is 0 Å². The molecule has 7 heteroatoms. The molecule has 0 radical (unpaired) electrons. The SMILES string of the molecule is CCCc1ncc2c(n1)CCN(Cc1c(F)cccc1C(F)(F)F)C2. The molecule has 134 valence electrons. The van der Waals surface area contributed by atoms with E-state index in [0.717, 1.165) is 48.1 Å². The number of hydrogen-bond donors (Lipinski definition) is 0. The van der Waals surface area contributed by atoms with Crippen LogP contribution < -0.4 is 0 Å². The second-order valence-electron chi connectivity index (χ2n) is 6.23. The molecule has 2 aromatic rings. The maximum Gasteiger partial charge on any atom is 0.416 e. The molecule has 0 unspecified atom stereocenters. The summed E-state index contributed by atoms with van der Waals surface area (Å²) >= 11 is 0. The molecule has 1 aromatic carbocycles.